The first-order chi connectivity index (χ1) is 69.0. The van der Waals surface area contributed by atoms with E-state index in [1.54, 1.807) is 42.5 Å². The maximum Gasteiger partial charge on any atom is 0.131 e. The van der Waals surface area contributed by atoms with Crippen LogP contribution in [0.15, 0.2) is 425 Å². The number of hydrogen-bond donors (Lipinski definition) is 0. The molecule has 0 saturated carbocycles. The maximum atomic E-state index is 13.9. The monoisotopic (exact) mass is 1950 g/mol. The van der Waals surface area contributed by atoms with E-state index in [0.717, 1.165) is 33.4 Å². The van der Waals surface area contributed by atoms with Crippen molar-refractivity contribution in [1.29, 1.82) is 0 Å². The SMILES string of the molecule is CC(C)(C)c1cc(-c2ccccc2)ccc1F.CC(C)(C)c1cc(-c2ccccc2F)ccc1F.CC(C)(C)c1ccc(-c2ccccc2)cc1.CC(C)(C)c1ccc2ccccc2c1.CC(C)(C)c1cccc(-c2ccccc2)c1.CC(C)(C)c1cccc2ccccc12.Cc1ccc(-c2cccc(C(C)(C)C)c2)cc1.Cc1ccc(-c2cccc(C(C)(C)C)c2)cc1.Cc1cccc(-c2ccc(F)c(C(C)(C)C)c2)c1. The topological polar surface area (TPSA) is 0 Å². The molecule has 0 heterocycles. The van der Waals surface area contributed by atoms with E-state index in [0.29, 0.717) is 16.7 Å². The largest absolute Gasteiger partial charge is 0.207 e. The van der Waals surface area contributed by atoms with Crippen molar-refractivity contribution in [3.05, 3.63) is 515 Å². The first kappa shape index (κ1) is 115. The van der Waals surface area contributed by atoms with Crippen molar-refractivity contribution in [3.8, 4) is 77.9 Å². The molecule has 0 N–H and O–H groups in total. The minimum absolute atomic E-state index is 0.126. The molecular weight excluding hydrogens is 1790 g/mol. The predicted molar refractivity (Wildman–Crippen MR) is 633 cm³/mol. The van der Waals surface area contributed by atoms with E-state index in [2.05, 4.69) is 449 Å². The summed E-state index contributed by atoms with van der Waals surface area (Å²) in [6, 6.07) is 144. The molecule has 0 bridgehead atoms. The third-order valence-electron chi connectivity index (χ3n) is 26.1. The van der Waals surface area contributed by atoms with Crippen LogP contribution >= 0.6 is 0 Å². The summed E-state index contributed by atoms with van der Waals surface area (Å²) < 4.78 is 55.1. The molecule has 0 aromatic heterocycles. The van der Waals surface area contributed by atoms with Crippen LogP contribution in [0.2, 0.25) is 0 Å². The average molecular weight is 1950 g/mol. The summed E-state index contributed by atoms with van der Waals surface area (Å²) in [6.45, 7) is 64.8. The van der Waals surface area contributed by atoms with Gasteiger partial charge in [0.15, 0.2) is 0 Å². The number of rotatable bonds is 7. The Morgan fingerprint density at radius 2 is 0.395 bits per heavy atom. The molecule has 18 aromatic rings. The van der Waals surface area contributed by atoms with E-state index >= 15 is 0 Å². The number of halogens is 4. The van der Waals surface area contributed by atoms with Gasteiger partial charge in [0.1, 0.15) is 23.3 Å². The van der Waals surface area contributed by atoms with Gasteiger partial charge in [0.25, 0.3) is 0 Å². The Labute approximate surface area is 882 Å². The highest BCUT2D eigenvalue weighted by molar-refractivity contribution is 5.87. The van der Waals surface area contributed by atoms with Gasteiger partial charge in [-0.05, 0) is 256 Å². The lowest BCUT2D eigenvalue weighted by Gasteiger charge is -2.21. The molecule has 0 atom stereocenters. The van der Waals surface area contributed by atoms with Gasteiger partial charge in [-0.15, -0.1) is 0 Å². The van der Waals surface area contributed by atoms with Crippen molar-refractivity contribution >= 4 is 21.5 Å². The summed E-state index contributed by atoms with van der Waals surface area (Å²) in [6.07, 6.45) is 0. The summed E-state index contributed by atoms with van der Waals surface area (Å²) in [5.74, 6) is -0.789. The lowest BCUT2D eigenvalue weighted by molar-refractivity contribution is 0.522. The van der Waals surface area contributed by atoms with Crippen LogP contribution in [0.4, 0.5) is 17.6 Å². The van der Waals surface area contributed by atoms with Crippen LogP contribution in [0.1, 0.15) is 254 Å². The minimum Gasteiger partial charge on any atom is -0.207 e. The number of hydrogen-bond acceptors (Lipinski definition) is 0. The summed E-state index contributed by atoms with van der Waals surface area (Å²) in [5, 5.41) is 5.36. The summed E-state index contributed by atoms with van der Waals surface area (Å²) >= 11 is 0. The van der Waals surface area contributed by atoms with Crippen LogP contribution in [0, 0.1) is 44.0 Å². The van der Waals surface area contributed by atoms with Crippen molar-refractivity contribution in [3.63, 3.8) is 0 Å². The van der Waals surface area contributed by atoms with Gasteiger partial charge >= 0.3 is 0 Å². The second kappa shape index (κ2) is 50.5. The fourth-order valence-electron chi connectivity index (χ4n) is 16.9. The van der Waals surface area contributed by atoms with Gasteiger partial charge in [0, 0.05) is 5.56 Å². The van der Waals surface area contributed by atoms with E-state index in [9.17, 15) is 17.6 Å². The van der Waals surface area contributed by atoms with Crippen molar-refractivity contribution in [2.24, 2.45) is 0 Å². The Hall–Kier alpha value is -13.8. The second-order valence-corrected chi connectivity index (χ2v) is 47.9. The van der Waals surface area contributed by atoms with E-state index in [1.807, 2.05) is 129 Å². The molecular formula is C143H160F4. The van der Waals surface area contributed by atoms with Gasteiger partial charge in [0.2, 0.25) is 0 Å². The fourth-order valence-corrected chi connectivity index (χ4v) is 16.9. The second-order valence-electron chi connectivity index (χ2n) is 47.9. The molecule has 0 spiro atoms. The molecule has 0 fully saturated rings. The van der Waals surface area contributed by atoms with E-state index < -0.39 is 0 Å². The normalized spacial score (nSPS) is 11.6. The van der Waals surface area contributed by atoms with Crippen molar-refractivity contribution in [2.75, 3.05) is 0 Å². The van der Waals surface area contributed by atoms with Gasteiger partial charge in [-0.1, -0.05) is 586 Å². The van der Waals surface area contributed by atoms with Crippen LogP contribution in [-0.2, 0) is 48.7 Å². The zero-order chi connectivity index (χ0) is 108. The maximum absolute atomic E-state index is 13.9. The molecule has 760 valence electrons. The molecule has 0 radical (unpaired) electrons. The van der Waals surface area contributed by atoms with E-state index in [4.69, 9.17) is 0 Å². The highest BCUT2D eigenvalue weighted by Gasteiger charge is 2.25. The predicted octanol–water partition coefficient (Wildman–Crippen LogP) is 42.3. The first-order valence-electron chi connectivity index (χ1n) is 51.9. The van der Waals surface area contributed by atoms with Crippen LogP contribution in [0.3, 0.4) is 0 Å². The van der Waals surface area contributed by atoms with Crippen LogP contribution in [-0.4, -0.2) is 0 Å². The Morgan fingerprint density at radius 3 is 0.776 bits per heavy atom. The molecule has 0 saturated heterocycles. The van der Waals surface area contributed by atoms with E-state index in [-0.39, 0.29) is 72.0 Å². The lowest BCUT2D eigenvalue weighted by Crippen LogP contribution is -2.13. The van der Waals surface area contributed by atoms with Crippen LogP contribution in [0.5, 0.6) is 0 Å². The smallest absolute Gasteiger partial charge is 0.131 e. The zero-order valence-electron chi connectivity index (χ0n) is 93.4. The van der Waals surface area contributed by atoms with Crippen LogP contribution in [0.25, 0.3) is 99.4 Å². The average Bonchev–Trinajstić information content (AvgIpc) is 0.800. The third kappa shape index (κ3) is 35.0. The molecule has 18 rings (SSSR count). The molecule has 4 heteroatoms. The highest BCUT2D eigenvalue weighted by Crippen LogP contribution is 2.39. The standard InChI is InChI=1S/C17H19F.2C17H20.C16H16F2.C16H17F.2C16H18.2C14H16/c1-12-6-5-7-13(10-12)14-8-9-16(18)15(11-14)17(2,3)4;2*1-13-8-10-14(11-9-13)15-6-5-7-16(12-15)17(2,3)4;1-16(2,3)13-10-11(8-9-15(13)18)12-6-4-5-7-14(12)17;1-16(2,3)14-11-13(9-10-15(14)17)12-7-5-4-6-8-12;1-16(2,3)15-11-7-10-14(12-15)13-8-5-4-6-9-13;1-16(2,3)15-11-9-14(10-12-15)13-7-5-4-6-8-13;1-14(2,3)13-10-6-8-11-7-4-5-9-12(11)13;1-14(2,3)13-9-8-11-6-4-5-7-12(11)10-13/h5-11H,1-4H3;2*5-12H,1-4H3;4-10H,1-3H3;4-11H,1-3H3;2*4-12H,1-3H3;2*4-10H,1-3H3. The van der Waals surface area contributed by atoms with Crippen molar-refractivity contribution < 1.29 is 17.6 Å². The highest BCUT2D eigenvalue weighted by atomic mass is 19.1. The van der Waals surface area contributed by atoms with Gasteiger partial charge < -0.3 is 0 Å². The van der Waals surface area contributed by atoms with Gasteiger partial charge in [-0.3, -0.25) is 0 Å². The van der Waals surface area contributed by atoms with Crippen molar-refractivity contribution in [2.45, 2.75) is 256 Å². The Kier molecular flexibility index (Phi) is 39.6. The molecule has 0 aliphatic rings. The third-order valence-corrected chi connectivity index (χ3v) is 26.1. The molecule has 0 amide bonds. The van der Waals surface area contributed by atoms with Gasteiger partial charge in [-0.2, -0.15) is 0 Å². The van der Waals surface area contributed by atoms with E-state index in [1.165, 1.54) is 128 Å². The number of fused-ring (bicyclic) bond motifs is 2. The molecule has 18 aromatic carbocycles. The van der Waals surface area contributed by atoms with Crippen molar-refractivity contribution in [1.82, 2.24) is 0 Å². The molecule has 147 heavy (non-hydrogen) atoms. The first-order valence-corrected chi connectivity index (χ1v) is 51.9. The summed E-state index contributed by atoms with van der Waals surface area (Å²) in [4.78, 5) is 0. The Morgan fingerprint density at radius 1 is 0.136 bits per heavy atom. The molecule has 0 aliphatic carbocycles. The molecule has 0 nitrogen and oxygen atoms in total. The zero-order valence-corrected chi connectivity index (χ0v) is 93.4. The van der Waals surface area contributed by atoms with Crippen LogP contribution < -0.4 is 0 Å². The number of benzene rings is 18. The quantitative estimate of drug-likeness (QED) is 0.140. The Balaban J connectivity index is 0.000000169. The van der Waals surface area contributed by atoms with Gasteiger partial charge in [-0.25, -0.2) is 17.6 Å². The summed E-state index contributed by atoms with van der Waals surface area (Å²) in [7, 11) is 0. The Bertz CT molecular complexity index is 7090. The molecule has 0 unspecified atom stereocenters. The summed E-state index contributed by atoms with van der Waals surface area (Å²) in [5.41, 5.74) is 31.0. The van der Waals surface area contributed by atoms with Gasteiger partial charge in [0.05, 0.1) is 0 Å². The number of aryl methyl sites for hydroxylation is 3. The minimum atomic E-state index is -0.300. The molecule has 0 aliphatic heterocycles. The fraction of sp³-hybridized carbons (Fsp3) is 0.273. The lowest BCUT2D eigenvalue weighted by atomic mass is 9.84.